The van der Waals surface area contributed by atoms with Gasteiger partial charge < -0.3 is 10.6 Å². The van der Waals surface area contributed by atoms with Gasteiger partial charge in [0.25, 0.3) is 0 Å². The molecule has 0 spiro atoms. The van der Waals surface area contributed by atoms with Gasteiger partial charge in [0.15, 0.2) is 9.84 Å². The molecule has 2 heterocycles. The Bertz CT molecular complexity index is 1290. The van der Waals surface area contributed by atoms with E-state index in [9.17, 15) is 8.42 Å². The summed E-state index contributed by atoms with van der Waals surface area (Å²) >= 11 is 1.66. The van der Waals surface area contributed by atoms with Crippen molar-refractivity contribution in [3.8, 4) is 0 Å². The molecule has 148 valence electrons. The SMILES string of the molecule is CCS(=O)(=O)c1cccc(Nc2cc(Nc3ccc4sc(C)nc4c3)ncn2)c1. The molecule has 0 saturated carbocycles. The summed E-state index contributed by atoms with van der Waals surface area (Å²) in [6, 6.07) is 14.4. The molecule has 2 N–H and O–H groups in total. The van der Waals surface area contributed by atoms with Crippen LogP contribution in [-0.4, -0.2) is 29.1 Å². The Hall–Kier alpha value is -3.04. The Morgan fingerprint density at radius 1 is 0.966 bits per heavy atom. The van der Waals surface area contributed by atoms with Crippen LogP contribution in [0.25, 0.3) is 10.2 Å². The Labute approximate surface area is 172 Å². The monoisotopic (exact) mass is 425 g/mol. The van der Waals surface area contributed by atoms with Gasteiger partial charge in [-0.25, -0.2) is 23.4 Å². The molecule has 0 radical (unpaired) electrons. The zero-order chi connectivity index (χ0) is 20.4. The zero-order valence-electron chi connectivity index (χ0n) is 15.9. The van der Waals surface area contributed by atoms with Crippen molar-refractivity contribution in [3.63, 3.8) is 0 Å². The van der Waals surface area contributed by atoms with Gasteiger partial charge in [0, 0.05) is 17.4 Å². The van der Waals surface area contributed by atoms with E-state index < -0.39 is 9.84 Å². The molecule has 2 aromatic heterocycles. The summed E-state index contributed by atoms with van der Waals surface area (Å²) in [5.41, 5.74) is 2.46. The van der Waals surface area contributed by atoms with Crippen molar-refractivity contribution in [2.45, 2.75) is 18.7 Å². The molecule has 0 unspecified atom stereocenters. The van der Waals surface area contributed by atoms with E-state index in [4.69, 9.17) is 0 Å². The van der Waals surface area contributed by atoms with Crippen LogP contribution in [0, 0.1) is 6.92 Å². The average molecular weight is 426 g/mol. The third-order valence-corrected chi connectivity index (χ3v) is 6.96. The maximum Gasteiger partial charge on any atom is 0.178 e. The van der Waals surface area contributed by atoms with Crippen LogP contribution in [0.15, 0.2) is 59.8 Å². The number of benzene rings is 2. The third kappa shape index (κ3) is 4.36. The predicted octanol–water partition coefficient (Wildman–Crippen LogP) is 4.68. The van der Waals surface area contributed by atoms with E-state index in [0.29, 0.717) is 17.3 Å². The van der Waals surface area contributed by atoms with Gasteiger partial charge in [-0.3, -0.25) is 0 Å². The van der Waals surface area contributed by atoms with Crippen molar-refractivity contribution < 1.29 is 8.42 Å². The first kappa shape index (κ1) is 19.3. The predicted molar refractivity (Wildman–Crippen MR) is 117 cm³/mol. The minimum atomic E-state index is -3.27. The molecule has 29 heavy (non-hydrogen) atoms. The van der Waals surface area contributed by atoms with E-state index in [1.165, 1.54) is 6.33 Å². The van der Waals surface area contributed by atoms with Crippen LogP contribution in [0.2, 0.25) is 0 Å². The van der Waals surface area contributed by atoms with Gasteiger partial charge in [-0.05, 0) is 43.3 Å². The fraction of sp³-hybridized carbons (Fsp3) is 0.150. The number of nitrogens with one attached hydrogen (secondary N) is 2. The molecule has 4 rings (SSSR count). The number of fused-ring (bicyclic) bond motifs is 1. The minimum absolute atomic E-state index is 0.0564. The maximum atomic E-state index is 12.1. The number of aryl methyl sites for hydroxylation is 1. The van der Waals surface area contributed by atoms with Crippen LogP contribution in [-0.2, 0) is 9.84 Å². The highest BCUT2D eigenvalue weighted by Crippen LogP contribution is 2.26. The highest BCUT2D eigenvalue weighted by atomic mass is 32.2. The molecule has 0 fully saturated rings. The lowest BCUT2D eigenvalue weighted by Gasteiger charge is -2.10. The normalized spacial score (nSPS) is 11.5. The number of sulfone groups is 1. The first-order valence-corrected chi connectivity index (χ1v) is 11.5. The van der Waals surface area contributed by atoms with Gasteiger partial charge in [-0.15, -0.1) is 11.3 Å². The molecule has 0 aliphatic rings. The van der Waals surface area contributed by atoms with Gasteiger partial charge in [0.2, 0.25) is 0 Å². The van der Waals surface area contributed by atoms with E-state index in [0.717, 1.165) is 20.9 Å². The molecule has 0 aliphatic heterocycles. The van der Waals surface area contributed by atoms with Crippen molar-refractivity contribution in [2.75, 3.05) is 16.4 Å². The van der Waals surface area contributed by atoms with Gasteiger partial charge >= 0.3 is 0 Å². The number of hydrogen-bond donors (Lipinski definition) is 2. The van der Waals surface area contributed by atoms with Crippen molar-refractivity contribution in [1.82, 2.24) is 15.0 Å². The highest BCUT2D eigenvalue weighted by Gasteiger charge is 2.12. The van der Waals surface area contributed by atoms with E-state index >= 15 is 0 Å². The van der Waals surface area contributed by atoms with Crippen LogP contribution in [0.5, 0.6) is 0 Å². The van der Waals surface area contributed by atoms with E-state index in [1.54, 1.807) is 48.6 Å². The number of aromatic nitrogens is 3. The van der Waals surface area contributed by atoms with Gasteiger partial charge in [-0.1, -0.05) is 13.0 Å². The van der Waals surface area contributed by atoms with Gasteiger partial charge in [0.1, 0.15) is 18.0 Å². The Balaban J connectivity index is 1.55. The fourth-order valence-electron chi connectivity index (χ4n) is 2.84. The smallest absolute Gasteiger partial charge is 0.178 e. The topological polar surface area (TPSA) is 96.9 Å². The maximum absolute atomic E-state index is 12.1. The quantitative estimate of drug-likeness (QED) is 0.463. The summed E-state index contributed by atoms with van der Waals surface area (Å²) < 4.78 is 25.3. The number of anilines is 4. The van der Waals surface area contributed by atoms with Crippen LogP contribution in [0.1, 0.15) is 11.9 Å². The van der Waals surface area contributed by atoms with Crippen molar-refractivity contribution >= 4 is 54.4 Å². The third-order valence-electron chi connectivity index (χ3n) is 4.28. The molecule has 0 bridgehead atoms. The van der Waals surface area contributed by atoms with Gasteiger partial charge in [-0.2, -0.15) is 0 Å². The number of hydrogen-bond acceptors (Lipinski definition) is 8. The molecule has 2 aromatic carbocycles. The number of rotatable bonds is 6. The molecular formula is C20H19N5O2S2. The van der Waals surface area contributed by atoms with Crippen LogP contribution < -0.4 is 10.6 Å². The zero-order valence-corrected chi connectivity index (χ0v) is 17.5. The molecule has 7 nitrogen and oxygen atoms in total. The Kier molecular flexibility index (Phi) is 5.16. The van der Waals surface area contributed by atoms with Crippen molar-refractivity contribution in [2.24, 2.45) is 0 Å². The molecule has 0 aliphatic carbocycles. The van der Waals surface area contributed by atoms with Gasteiger partial charge in [0.05, 0.1) is 25.9 Å². The second-order valence-electron chi connectivity index (χ2n) is 6.39. The first-order chi connectivity index (χ1) is 13.9. The van der Waals surface area contributed by atoms with Crippen molar-refractivity contribution in [1.29, 1.82) is 0 Å². The molecular weight excluding hydrogens is 406 g/mol. The van der Waals surface area contributed by atoms with E-state index in [-0.39, 0.29) is 10.6 Å². The summed E-state index contributed by atoms with van der Waals surface area (Å²) in [7, 11) is -3.27. The first-order valence-electron chi connectivity index (χ1n) is 8.99. The Morgan fingerprint density at radius 2 is 1.69 bits per heavy atom. The van der Waals surface area contributed by atoms with Crippen LogP contribution >= 0.6 is 11.3 Å². The molecule has 9 heteroatoms. The molecule has 0 amide bonds. The summed E-state index contributed by atoms with van der Waals surface area (Å²) in [6.45, 7) is 3.61. The summed E-state index contributed by atoms with van der Waals surface area (Å²) in [4.78, 5) is 13.3. The molecule has 0 atom stereocenters. The lowest BCUT2D eigenvalue weighted by Crippen LogP contribution is -2.04. The van der Waals surface area contributed by atoms with Crippen LogP contribution in [0.4, 0.5) is 23.0 Å². The lowest BCUT2D eigenvalue weighted by atomic mass is 10.3. The average Bonchev–Trinajstić information content (AvgIpc) is 3.08. The van der Waals surface area contributed by atoms with E-state index in [1.807, 2.05) is 25.1 Å². The molecule has 4 aromatic rings. The minimum Gasteiger partial charge on any atom is -0.340 e. The fourth-order valence-corrected chi connectivity index (χ4v) is 4.58. The summed E-state index contributed by atoms with van der Waals surface area (Å²) in [5.74, 6) is 1.23. The second kappa shape index (κ2) is 7.76. The second-order valence-corrected chi connectivity index (χ2v) is 9.90. The number of nitrogens with zero attached hydrogens (tertiary/aromatic N) is 3. The van der Waals surface area contributed by atoms with Crippen molar-refractivity contribution in [3.05, 3.63) is 59.9 Å². The standard InChI is InChI=1S/C20H19N5O2S2/c1-3-29(26,27)16-6-4-5-14(9-16)24-19-11-20(22-12-21-19)25-15-7-8-18-17(10-15)23-13(2)28-18/h4-12H,3H2,1-2H3,(H2,21,22,24,25). The lowest BCUT2D eigenvalue weighted by molar-refractivity contribution is 0.597. The summed E-state index contributed by atoms with van der Waals surface area (Å²) in [5, 5.41) is 7.41. The highest BCUT2D eigenvalue weighted by molar-refractivity contribution is 7.91. The largest absolute Gasteiger partial charge is 0.340 e. The summed E-state index contributed by atoms with van der Waals surface area (Å²) in [6.07, 6.45) is 1.45. The molecule has 0 saturated heterocycles. The number of thiazole rings is 1. The van der Waals surface area contributed by atoms with Crippen LogP contribution in [0.3, 0.4) is 0 Å². The Morgan fingerprint density at radius 3 is 2.41 bits per heavy atom. The van der Waals surface area contributed by atoms with E-state index in [2.05, 4.69) is 25.6 Å².